The Hall–Kier alpha value is -5.68. The molecule has 4 atom stereocenters. The van der Waals surface area contributed by atoms with Gasteiger partial charge in [-0.15, -0.1) is 11.3 Å². The van der Waals surface area contributed by atoms with Crippen molar-refractivity contribution in [1.82, 2.24) is 45.5 Å². The average Bonchev–Trinajstić information content (AvgIpc) is 4.00. The Morgan fingerprint density at radius 1 is 0.893 bits per heavy atom. The molecule has 17 nitrogen and oxygen atoms in total. The SMILES string of the molecule is Cc1ncsc1-c1ccc([C@H](C)NC(=O)[C@@H]2C[C@@H](O)CN2C(=O)[C@@H](NC(=O)CN2CCN(CCN3CCN(c4ccc(C(=O)NC5C(C)(C)C(Oc6ccc(C#N)c(Cl)c6)C5(C)C)cn4)CC3)CC2)C(C)(C)C)cc1. The van der Waals surface area contributed by atoms with Crippen molar-refractivity contribution in [2.75, 3.05) is 83.4 Å². The number of hydrogen-bond donors (Lipinski definition) is 4. The molecule has 1 aliphatic carbocycles. The number of ether oxygens (including phenoxy) is 1. The number of aliphatic hydroxyl groups excluding tert-OH is 1. The maximum Gasteiger partial charge on any atom is 0.253 e. The standard InChI is InChI=1S/C56H74ClN11O6S/c1-35(37-10-12-38(13-11-37)47-36(2)60-34-75-47)61-50(72)44-28-41(69)32-68(44)51(73)48(54(3,4)5)62-46(70)33-66-22-20-64(21-23-66)18-19-65-24-26-67(27-25-65)45-17-15-40(31-59-45)49(71)63-52-55(6,7)53(56(52,8)9)74-42-16-14-39(30-58)43(57)29-42/h10-17,29,31,34-35,41,44,48,52-53,69H,18-28,32-33H2,1-9H3,(H,61,72)(H,62,70)(H,63,71)/t35-,41+,44-,48+,52?,53?/m0/s1. The smallest absolute Gasteiger partial charge is 0.253 e. The number of aryl methyl sites for hydroxylation is 1. The molecule has 1 saturated carbocycles. The van der Waals surface area contributed by atoms with E-state index in [4.69, 9.17) is 21.3 Å². The first-order chi connectivity index (χ1) is 35.5. The molecule has 75 heavy (non-hydrogen) atoms. The monoisotopic (exact) mass is 1060 g/mol. The number of β-amino-alcohol motifs (C(OH)–C–C–N with tert-alkyl or cyclic N) is 1. The van der Waals surface area contributed by atoms with E-state index in [9.17, 15) is 29.5 Å². The predicted octanol–water partition coefficient (Wildman–Crippen LogP) is 5.76. The third-order valence-electron chi connectivity index (χ3n) is 15.8. The zero-order chi connectivity index (χ0) is 54.0. The van der Waals surface area contributed by atoms with Gasteiger partial charge in [0.2, 0.25) is 17.7 Å². The first-order valence-corrected chi connectivity index (χ1v) is 27.4. The van der Waals surface area contributed by atoms with Crippen LogP contribution in [0.2, 0.25) is 5.02 Å². The van der Waals surface area contributed by atoms with Crippen LogP contribution in [0.15, 0.2) is 66.3 Å². The summed E-state index contributed by atoms with van der Waals surface area (Å²) in [5, 5.41) is 29.7. The second-order valence-corrected chi connectivity index (χ2v) is 24.3. The summed E-state index contributed by atoms with van der Waals surface area (Å²) < 4.78 is 6.39. The summed E-state index contributed by atoms with van der Waals surface area (Å²) in [5.41, 5.74) is 4.24. The molecule has 19 heteroatoms. The van der Waals surface area contributed by atoms with Gasteiger partial charge in [0.25, 0.3) is 5.91 Å². The molecule has 402 valence electrons. The number of pyridine rings is 1. The molecule has 4 fully saturated rings. The molecule has 0 radical (unpaired) electrons. The third kappa shape index (κ3) is 12.6. The number of halogens is 1. The molecule has 5 heterocycles. The van der Waals surface area contributed by atoms with Crippen LogP contribution < -0.4 is 25.6 Å². The highest BCUT2D eigenvalue weighted by Crippen LogP contribution is 2.55. The van der Waals surface area contributed by atoms with E-state index in [-0.39, 0.29) is 72.2 Å². The minimum atomic E-state index is -0.896. The number of carbonyl (C=O) groups excluding carboxylic acids is 4. The fourth-order valence-electron chi connectivity index (χ4n) is 11.6. The van der Waals surface area contributed by atoms with Gasteiger partial charge < -0.3 is 35.6 Å². The zero-order valence-electron chi connectivity index (χ0n) is 44.9. The number of benzene rings is 2. The second-order valence-electron chi connectivity index (χ2n) is 23.0. The number of amides is 4. The Labute approximate surface area is 450 Å². The van der Waals surface area contributed by atoms with E-state index in [2.05, 4.69) is 74.3 Å². The van der Waals surface area contributed by atoms with Crippen molar-refractivity contribution in [3.63, 3.8) is 0 Å². The highest BCUT2D eigenvalue weighted by atomic mass is 35.5. The maximum absolute atomic E-state index is 14.3. The van der Waals surface area contributed by atoms with E-state index >= 15 is 0 Å². The van der Waals surface area contributed by atoms with Crippen molar-refractivity contribution in [1.29, 1.82) is 5.26 Å². The number of nitrogens with one attached hydrogen (secondary N) is 3. The summed E-state index contributed by atoms with van der Waals surface area (Å²) in [4.78, 5) is 76.1. The van der Waals surface area contributed by atoms with Gasteiger partial charge in [0.15, 0.2) is 0 Å². The van der Waals surface area contributed by atoms with Crippen LogP contribution in [0.1, 0.15) is 95.0 Å². The Balaban J connectivity index is 0.743. The largest absolute Gasteiger partial charge is 0.489 e. The number of likely N-dealkylation sites (tertiary alicyclic amines) is 1. The fourth-order valence-corrected chi connectivity index (χ4v) is 12.6. The van der Waals surface area contributed by atoms with E-state index in [0.29, 0.717) is 21.9 Å². The molecule has 4 aromatic rings. The van der Waals surface area contributed by atoms with Gasteiger partial charge in [-0.25, -0.2) is 9.97 Å². The van der Waals surface area contributed by atoms with Gasteiger partial charge in [-0.2, -0.15) is 5.26 Å². The van der Waals surface area contributed by atoms with Crippen molar-refractivity contribution < 1.29 is 29.0 Å². The first-order valence-electron chi connectivity index (χ1n) is 26.2. The molecule has 0 bridgehead atoms. The Morgan fingerprint density at radius 2 is 1.53 bits per heavy atom. The molecule has 4 N–H and O–H groups in total. The molecule has 0 spiro atoms. The number of piperazine rings is 2. The van der Waals surface area contributed by atoms with Crippen molar-refractivity contribution in [2.45, 2.75) is 105 Å². The summed E-state index contributed by atoms with van der Waals surface area (Å²) in [5.74, 6) is 0.284. The number of aromatic nitrogens is 2. The highest BCUT2D eigenvalue weighted by molar-refractivity contribution is 7.13. The first kappa shape index (κ1) is 55.5. The van der Waals surface area contributed by atoms with Crippen LogP contribution in [0.25, 0.3) is 10.4 Å². The molecule has 8 rings (SSSR count). The lowest BCUT2D eigenvalue weighted by molar-refractivity contribution is -0.164. The van der Waals surface area contributed by atoms with E-state index in [1.807, 2.05) is 76.5 Å². The van der Waals surface area contributed by atoms with Crippen LogP contribution in [-0.2, 0) is 14.4 Å². The van der Waals surface area contributed by atoms with Gasteiger partial charge in [0.1, 0.15) is 35.8 Å². The number of nitrogens with zero attached hydrogens (tertiary/aromatic N) is 8. The Kier molecular flexibility index (Phi) is 16.9. The summed E-state index contributed by atoms with van der Waals surface area (Å²) in [6, 6.07) is 16.6. The van der Waals surface area contributed by atoms with Gasteiger partial charge in [0.05, 0.1) is 50.9 Å². The van der Waals surface area contributed by atoms with Crippen LogP contribution in [0, 0.1) is 34.5 Å². The van der Waals surface area contributed by atoms with Crippen molar-refractivity contribution >= 4 is 52.4 Å². The second kappa shape index (κ2) is 22.9. The quantitative estimate of drug-likeness (QED) is 0.106. The molecule has 4 amide bonds. The minimum Gasteiger partial charge on any atom is -0.489 e. The van der Waals surface area contributed by atoms with Gasteiger partial charge >= 0.3 is 0 Å². The van der Waals surface area contributed by atoms with Gasteiger partial charge in [-0.05, 0) is 54.7 Å². The number of anilines is 1. The van der Waals surface area contributed by atoms with Gasteiger partial charge in [-0.3, -0.25) is 33.9 Å². The average molecular weight is 1060 g/mol. The lowest BCUT2D eigenvalue weighted by Crippen LogP contribution is -2.74. The lowest BCUT2D eigenvalue weighted by atomic mass is 9.49. The summed E-state index contributed by atoms with van der Waals surface area (Å²) >= 11 is 7.85. The molecule has 3 aliphatic heterocycles. The van der Waals surface area contributed by atoms with E-state index < -0.39 is 23.6 Å². The molecular formula is C56H74ClN11O6S. The number of aliphatic hydroxyl groups is 1. The van der Waals surface area contributed by atoms with Gasteiger partial charge in [-0.1, -0.05) is 84.3 Å². The Morgan fingerprint density at radius 3 is 2.11 bits per heavy atom. The van der Waals surface area contributed by atoms with Gasteiger partial charge in [0, 0.05) is 108 Å². The van der Waals surface area contributed by atoms with Crippen molar-refractivity contribution in [3.05, 3.63) is 93.7 Å². The number of thiazole rings is 1. The minimum absolute atomic E-state index is 0.0138. The Bertz CT molecular complexity index is 2710. The van der Waals surface area contributed by atoms with Crippen LogP contribution in [0.3, 0.4) is 0 Å². The van der Waals surface area contributed by atoms with Crippen LogP contribution in [-0.4, -0.2) is 167 Å². The number of hydrogen-bond acceptors (Lipinski definition) is 14. The molecule has 4 aliphatic rings. The molecule has 3 saturated heterocycles. The third-order valence-corrected chi connectivity index (χ3v) is 17.1. The number of nitriles is 1. The fraction of sp³-hybridized carbons (Fsp3) is 0.554. The van der Waals surface area contributed by atoms with E-state index in [1.165, 1.54) is 4.90 Å². The number of rotatable bonds is 16. The number of carbonyl (C=O) groups is 4. The molecule has 0 unspecified atom stereocenters. The molecular weight excluding hydrogens is 990 g/mol. The topological polar surface area (TPSA) is 200 Å². The van der Waals surface area contributed by atoms with Crippen molar-refractivity contribution in [2.24, 2.45) is 16.2 Å². The summed E-state index contributed by atoms with van der Waals surface area (Å²) in [6.07, 6.45) is 0.712. The van der Waals surface area contributed by atoms with Crippen LogP contribution in [0.5, 0.6) is 5.75 Å². The maximum atomic E-state index is 14.3. The van der Waals surface area contributed by atoms with Crippen molar-refractivity contribution in [3.8, 4) is 22.3 Å². The zero-order valence-corrected chi connectivity index (χ0v) is 46.4. The molecule has 2 aromatic heterocycles. The summed E-state index contributed by atoms with van der Waals surface area (Å²) in [7, 11) is 0. The predicted molar refractivity (Wildman–Crippen MR) is 292 cm³/mol. The van der Waals surface area contributed by atoms with Crippen LogP contribution in [0.4, 0.5) is 5.82 Å². The highest BCUT2D eigenvalue weighted by Gasteiger charge is 2.64. The lowest BCUT2D eigenvalue weighted by Gasteiger charge is -2.63. The van der Waals surface area contributed by atoms with E-state index in [1.54, 1.807) is 35.7 Å². The molecule has 2 aromatic carbocycles. The van der Waals surface area contributed by atoms with E-state index in [0.717, 1.165) is 93.0 Å². The summed E-state index contributed by atoms with van der Waals surface area (Å²) in [6.45, 7) is 26.5. The van der Waals surface area contributed by atoms with Crippen LogP contribution >= 0.6 is 22.9 Å². The normalized spacial score (nSPS) is 22.9.